The monoisotopic (exact) mass is 255 g/mol. The lowest BCUT2D eigenvalue weighted by Crippen LogP contribution is -1.87. The highest BCUT2D eigenvalue weighted by molar-refractivity contribution is 5.75. The first-order chi connectivity index (χ1) is 9.31. The lowest BCUT2D eigenvalue weighted by Gasteiger charge is -2.03. The zero-order valence-electron chi connectivity index (χ0n) is 11.2. The summed E-state index contributed by atoms with van der Waals surface area (Å²) in [5.74, 6) is 1.52. The molecule has 0 atom stereocenters. The molecular weight excluding hydrogens is 238 g/mol. The average molecular weight is 255 g/mol. The van der Waals surface area contributed by atoms with Crippen LogP contribution in [0.15, 0.2) is 35.1 Å². The topological polar surface area (TPSA) is 35.3 Å². The van der Waals surface area contributed by atoms with Crippen molar-refractivity contribution >= 4 is 6.08 Å². The molecule has 0 spiro atoms. The van der Waals surface area contributed by atoms with Crippen molar-refractivity contribution in [1.82, 2.24) is 5.16 Å². The predicted molar refractivity (Wildman–Crippen MR) is 74.7 cm³/mol. The fourth-order valence-corrected chi connectivity index (χ4v) is 2.28. The molecule has 0 bridgehead atoms. The summed E-state index contributed by atoms with van der Waals surface area (Å²) < 4.78 is 10.6. The van der Waals surface area contributed by atoms with Crippen molar-refractivity contribution in [3.63, 3.8) is 0 Å². The number of rotatable bonds is 4. The summed E-state index contributed by atoms with van der Waals surface area (Å²) in [6, 6.07) is 8.22. The van der Waals surface area contributed by atoms with Crippen LogP contribution in [0.1, 0.15) is 35.6 Å². The van der Waals surface area contributed by atoms with E-state index >= 15 is 0 Å². The van der Waals surface area contributed by atoms with E-state index in [4.69, 9.17) is 9.26 Å². The number of hydrogen-bond acceptors (Lipinski definition) is 3. The van der Waals surface area contributed by atoms with Crippen LogP contribution in [0.25, 0.3) is 17.3 Å². The van der Waals surface area contributed by atoms with Gasteiger partial charge in [-0.1, -0.05) is 29.4 Å². The van der Waals surface area contributed by atoms with Crippen molar-refractivity contribution in [1.29, 1.82) is 0 Å². The molecule has 1 aliphatic carbocycles. The normalized spacial score (nSPS) is 15.1. The van der Waals surface area contributed by atoms with Gasteiger partial charge in [0.1, 0.15) is 11.5 Å². The molecule has 1 aliphatic rings. The van der Waals surface area contributed by atoms with Crippen LogP contribution in [0.4, 0.5) is 0 Å². The highest BCUT2D eigenvalue weighted by atomic mass is 16.5. The van der Waals surface area contributed by atoms with E-state index in [0.29, 0.717) is 5.92 Å². The maximum absolute atomic E-state index is 5.57. The molecule has 3 heteroatoms. The number of benzene rings is 1. The Kier molecular flexibility index (Phi) is 3.11. The van der Waals surface area contributed by atoms with Crippen LogP contribution in [0.5, 0.6) is 0 Å². The minimum atomic E-state index is 0.529. The molecule has 0 N–H and O–H groups in total. The van der Waals surface area contributed by atoms with Crippen LogP contribution in [0, 0.1) is 6.92 Å². The standard InChI is InChI=1S/C16H17NO2/c1-11-5-3-4-6-13(11)15-14(9-10-18-2)16(19-17-15)12-7-8-12/h3-6,9-10,12H,7-8H2,1-2H3/b10-9+. The third kappa shape index (κ3) is 2.28. The van der Waals surface area contributed by atoms with Crippen LogP contribution in [-0.4, -0.2) is 12.3 Å². The molecule has 0 aliphatic heterocycles. The van der Waals surface area contributed by atoms with Gasteiger partial charge in [-0.25, -0.2) is 0 Å². The highest BCUT2D eigenvalue weighted by Crippen LogP contribution is 2.44. The van der Waals surface area contributed by atoms with Crippen LogP contribution in [0.2, 0.25) is 0 Å². The largest absolute Gasteiger partial charge is 0.504 e. The van der Waals surface area contributed by atoms with E-state index in [2.05, 4.69) is 24.2 Å². The molecule has 3 nitrogen and oxygen atoms in total. The first kappa shape index (κ1) is 12.0. The van der Waals surface area contributed by atoms with Gasteiger partial charge < -0.3 is 9.26 Å². The molecule has 0 unspecified atom stereocenters. The smallest absolute Gasteiger partial charge is 0.147 e. The van der Waals surface area contributed by atoms with Crippen LogP contribution >= 0.6 is 0 Å². The first-order valence-electron chi connectivity index (χ1n) is 6.56. The van der Waals surface area contributed by atoms with Gasteiger partial charge >= 0.3 is 0 Å². The number of aryl methyl sites for hydroxylation is 1. The minimum absolute atomic E-state index is 0.529. The zero-order valence-corrected chi connectivity index (χ0v) is 11.2. The average Bonchev–Trinajstić information content (AvgIpc) is 3.18. The summed E-state index contributed by atoms with van der Waals surface area (Å²) in [5, 5.41) is 4.28. The SMILES string of the molecule is CO/C=C/c1c(-c2ccccc2C)noc1C1CC1. The molecule has 0 saturated heterocycles. The van der Waals surface area contributed by atoms with Crippen molar-refractivity contribution in [2.75, 3.05) is 7.11 Å². The lowest BCUT2D eigenvalue weighted by molar-refractivity contribution is 0.341. The van der Waals surface area contributed by atoms with E-state index in [-0.39, 0.29) is 0 Å². The third-order valence-corrected chi connectivity index (χ3v) is 3.47. The number of hydrogen-bond donors (Lipinski definition) is 0. The van der Waals surface area contributed by atoms with Gasteiger partial charge in [0.15, 0.2) is 0 Å². The number of aromatic nitrogens is 1. The van der Waals surface area contributed by atoms with Gasteiger partial charge in [0, 0.05) is 17.0 Å². The van der Waals surface area contributed by atoms with Gasteiger partial charge in [0.25, 0.3) is 0 Å². The molecule has 2 aromatic rings. The van der Waals surface area contributed by atoms with E-state index in [1.165, 1.54) is 18.4 Å². The van der Waals surface area contributed by atoms with Crippen molar-refractivity contribution in [3.8, 4) is 11.3 Å². The van der Waals surface area contributed by atoms with Gasteiger partial charge in [-0.05, 0) is 31.4 Å². The van der Waals surface area contributed by atoms with Gasteiger partial charge in [-0.3, -0.25) is 0 Å². The predicted octanol–water partition coefficient (Wildman–Crippen LogP) is 4.14. The highest BCUT2D eigenvalue weighted by Gasteiger charge is 2.31. The van der Waals surface area contributed by atoms with Crippen molar-refractivity contribution in [2.45, 2.75) is 25.7 Å². The molecule has 19 heavy (non-hydrogen) atoms. The molecular formula is C16H17NO2. The second kappa shape index (κ2) is 4.92. The Morgan fingerprint density at radius 2 is 2.11 bits per heavy atom. The van der Waals surface area contributed by atoms with E-state index < -0.39 is 0 Å². The Morgan fingerprint density at radius 3 is 2.79 bits per heavy atom. The van der Waals surface area contributed by atoms with Gasteiger partial charge in [0.2, 0.25) is 0 Å². The molecule has 1 aromatic carbocycles. The second-order valence-corrected chi connectivity index (χ2v) is 4.94. The first-order valence-corrected chi connectivity index (χ1v) is 6.56. The molecule has 3 rings (SSSR count). The third-order valence-electron chi connectivity index (χ3n) is 3.47. The van der Waals surface area contributed by atoms with Crippen LogP contribution < -0.4 is 0 Å². The molecule has 1 heterocycles. The summed E-state index contributed by atoms with van der Waals surface area (Å²) in [7, 11) is 1.65. The van der Waals surface area contributed by atoms with Crippen LogP contribution in [-0.2, 0) is 4.74 Å². The quantitative estimate of drug-likeness (QED) is 0.770. The zero-order chi connectivity index (χ0) is 13.2. The van der Waals surface area contributed by atoms with Gasteiger partial charge in [-0.2, -0.15) is 0 Å². The summed E-state index contributed by atoms with van der Waals surface area (Å²) in [6.45, 7) is 2.09. The Morgan fingerprint density at radius 1 is 1.32 bits per heavy atom. The maximum Gasteiger partial charge on any atom is 0.147 e. The molecule has 1 fully saturated rings. The molecule has 0 radical (unpaired) electrons. The summed E-state index contributed by atoms with van der Waals surface area (Å²) in [5.41, 5.74) is 4.28. The molecule has 98 valence electrons. The molecule has 0 amide bonds. The van der Waals surface area contributed by atoms with Crippen molar-refractivity contribution < 1.29 is 9.26 Å². The maximum atomic E-state index is 5.57. The van der Waals surface area contributed by atoms with E-state index in [0.717, 1.165) is 22.6 Å². The number of ether oxygens (including phenoxy) is 1. The fourth-order valence-electron chi connectivity index (χ4n) is 2.28. The number of methoxy groups -OCH3 is 1. The van der Waals surface area contributed by atoms with Crippen molar-refractivity contribution in [2.24, 2.45) is 0 Å². The van der Waals surface area contributed by atoms with E-state index in [9.17, 15) is 0 Å². The fraction of sp³-hybridized carbons (Fsp3) is 0.312. The Bertz CT molecular complexity index is 609. The molecule has 1 saturated carbocycles. The molecule has 1 aromatic heterocycles. The van der Waals surface area contributed by atoms with Crippen molar-refractivity contribution in [3.05, 3.63) is 47.4 Å². The van der Waals surface area contributed by atoms with Gasteiger partial charge in [0.05, 0.1) is 13.4 Å². The summed E-state index contributed by atoms with van der Waals surface area (Å²) in [4.78, 5) is 0. The summed E-state index contributed by atoms with van der Waals surface area (Å²) in [6.07, 6.45) is 6.01. The Hall–Kier alpha value is -2.03. The summed E-state index contributed by atoms with van der Waals surface area (Å²) >= 11 is 0. The Labute approximate surface area is 112 Å². The van der Waals surface area contributed by atoms with Gasteiger partial charge in [-0.15, -0.1) is 0 Å². The van der Waals surface area contributed by atoms with Crippen LogP contribution in [0.3, 0.4) is 0 Å². The lowest BCUT2D eigenvalue weighted by atomic mass is 10.0. The minimum Gasteiger partial charge on any atom is -0.504 e. The van der Waals surface area contributed by atoms with E-state index in [1.807, 2.05) is 18.2 Å². The second-order valence-electron chi connectivity index (χ2n) is 4.94. The number of nitrogens with zero attached hydrogens (tertiary/aromatic N) is 1. The van der Waals surface area contributed by atoms with E-state index in [1.54, 1.807) is 13.4 Å². The Balaban J connectivity index is 2.10.